The van der Waals surface area contributed by atoms with Gasteiger partial charge in [0.25, 0.3) is 5.76 Å². The highest BCUT2D eigenvalue weighted by Crippen LogP contribution is 2.34. The normalized spacial score (nSPS) is 10.7. The van der Waals surface area contributed by atoms with Crippen LogP contribution in [-0.2, 0) is 4.74 Å². The number of nitrogens with one attached hydrogen (secondary N) is 1. The minimum Gasteiger partial charge on any atom is -0.465 e. The summed E-state index contributed by atoms with van der Waals surface area (Å²) in [5.74, 6) is -2.97. The molecule has 0 atom stereocenters. The lowest BCUT2D eigenvalue weighted by Gasteiger charge is -2.08. The molecular weight excluding hydrogens is 318 g/mol. The smallest absolute Gasteiger partial charge is 0.350 e. The number of methoxy groups -OCH3 is 1. The van der Waals surface area contributed by atoms with Gasteiger partial charge in [-0.15, -0.1) is 0 Å². The van der Waals surface area contributed by atoms with E-state index in [0.717, 1.165) is 11.3 Å². The molecule has 2 aromatic rings. The largest absolute Gasteiger partial charge is 0.465 e. The van der Waals surface area contributed by atoms with Crippen molar-refractivity contribution in [2.24, 2.45) is 0 Å². The van der Waals surface area contributed by atoms with Gasteiger partial charge in [-0.3, -0.25) is 0 Å². The minimum absolute atomic E-state index is 0.388. The first-order chi connectivity index (χ1) is 10.0. The summed E-state index contributed by atoms with van der Waals surface area (Å²) in [5, 5.41) is 3.42. The monoisotopic (exact) mass is 330 g/mol. The predicted molar refractivity (Wildman–Crippen MR) is 79.8 cm³/mol. The van der Waals surface area contributed by atoms with Crippen LogP contribution in [0.15, 0.2) is 29.2 Å². The maximum atomic E-state index is 12.5. The third kappa shape index (κ3) is 3.92. The van der Waals surface area contributed by atoms with Gasteiger partial charge < -0.3 is 10.1 Å². The van der Waals surface area contributed by atoms with E-state index in [9.17, 15) is 13.6 Å². The van der Waals surface area contributed by atoms with Crippen LogP contribution in [0.5, 0.6) is 0 Å². The molecule has 0 bridgehead atoms. The Balaban J connectivity index is 2.24. The zero-order chi connectivity index (χ0) is 15.4. The second-order valence-corrected chi connectivity index (χ2v) is 5.96. The van der Waals surface area contributed by atoms with Crippen LogP contribution in [0.3, 0.4) is 0 Å². The number of carbonyl (C=O) groups excluding carboxylic acids is 1. The van der Waals surface area contributed by atoms with E-state index in [4.69, 9.17) is 0 Å². The molecule has 1 aromatic carbocycles. The fourth-order valence-electron chi connectivity index (χ4n) is 1.62. The molecule has 21 heavy (non-hydrogen) atoms. The van der Waals surface area contributed by atoms with Crippen LogP contribution >= 0.6 is 23.1 Å². The molecule has 2 rings (SSSR count). The van der Waals surface area contributed by atoms with Crippen LogP contribution in [0.25, 0.3) is 0 Å². The van der Waals surface area contributed by atoms with Crippen molar-refractivity contribution < 1.29 is 18.3 Å². The van der Waals surface area contributed by atoms with Crippen LogP contribution in [0, 0.1) is 6.92 Å². The number of aromatic nitrogens is 1. The summed E-state index contributed by atoms with van der Waals surface area (Å²) in [6.07, 6.45) is 0. The number of aryl methyl sites for hydroxylation is 1. The number of nitrogens with zero attached hydrogens (tertiary/aromatic N) is 1. The molecular formula is C13H12F2N2O2S2. The van der Waals surface area contributed by atoms with Gasteiger partial charge in [-0.1, -0.05) is 35.2 Å². The minimum atomic E-state index is -2.50. The molecule has 0 spiro atoms. The number of esters is 1. The molecule has 1 heterocycles. The van der Waals surface area contributed by atoms with Gasteiger partial charge >= 0.3 is 5.97 Å². The zero-order valence-electron chi connectivity index (χ0n) is 11.2. The molecule has 0 fully saturated rings. The Morgan fingerprint density at radius 3 is 2.81 bits per heavy atom. The first-order valence-corrected chi connectivity index (χ1v) is 7.57. The Morgan fingerprint density at radius 1 is 1.43 bits per heavy atom. The Labute approximate surface area is 128 Å². The van der Waals surface area contributed by atoms with Gasteiger partial charge in [-0.2, -0.15) is 8.78 Å². The number of hydrogen-bond donors (Lipinski definition) is 1. The maximum absolute atomic E-state index is 12.5. The summed E-state index contributed by atoms with van der Waals surface area (Å²) in [6, 6.07) is 6.70. The fraction of sp³-hybridized carbons (Fsp3) is 0.231. The Bertz CT molecular complexity index is 647. The average molecular weight is 330 g/mol. The van der Waals surface area contributed by atoms with Crippen molar-refractivity contribution in [1.29, 1.82) is 0 Å². The number of benzene rings is 1. The highest BCUT2D eigenvalue weighted by atomic mass is 32.2. The van der Waals surface area contributed by atoms with Crippen LogP contribution in [0.2, 0.25) is 0 Å². The van der Waals surface area contributed by atoms with Gasteiger partial charge in [0.05, 0.1) is 18.5 Å². The SMILES string of the molecule is COC(=O)c1sc(Nc2ccccc2SC(F)F)nc1C. The third-order valence-electron chi connectivity index (χ3n) is 2.51. The topological polar surface area (TPSA) is 51.2 Å². The van der Waals surface area contributed by atoms with E-state index in [-0.39, 0.29) is 0 Å². The number of alkyl halides is 2. The third-order valence-corrected chi connectivity index (χ3v) is 4.35. The molecule has 1 N–H and O–H groups in total. The van der Waals surface area contributed by atoms with Crippen molar-refractivity contribution in [1.82, 2.24) is 4.98 Å². The van der Waals surface area contributed by atoms with Crippen LogP contribution in [0.4, 0.5) is 19.6 Å². The van der Waals surface area contributed by atoms with Crippen molar-refractivity contribution in [2.45, 2.75) is 17.6 Å². The van der Waals surface area contributed by atoms with Crippen molar-refractivity contribution in [3.63, 3.8) is 0 Å². The highest BCUT2D eigenvalue weighted by molar-refractivity contribution is 7.99. The van der Waals surface area contributed by atoms with E-state index in [1.54, 1.807) is 31.2 Å². The number of thioether (sulfide) groups is 1. The molecule has 0 amide bonds. The first-order valence-electron chi connectivity index (χ1n) is 5.88. The summed E-state index contributed by atoms with van der Waals surface area (Å²) < 4.78 is 29.7. The van der Waals surface area contributed by atoms with E-state index in [2.05, 4.69) is 15.0 Å². The summed E-state index contributed by atoms with van der Waals surface area (Å²) in [7, 11) is 1.29. The Kier molecular flexibility index (Phi) is 5.13. The van der Waals surface area contributed by atoms with Crippen LogP contribution in [0.1, 0.15) is 15.4 Å². The lowest BCUT2D eigenvalue weighted by Crippen LogP contribution is -1.99. The number of carbonyl (C=O) groups is 1. The zero-order valence-corrected chi connectivity index (χ0v) is 12.9. The molecule has 1 aromatic heterocycles. The molecule has 8 heteroatoms. The molecule has 0 aliphatic carbocycles. The fourth-order valence-corrected chi connectivity index (χ4v) is 3.11. The van der Waals surface area contributed by atoms with Crippen LogP contribution < -0.4 is 5.32 Å². The van der Waals surface area contributed by atoms with Crippen molar-refractivity contribution in [2.75, 3.05) is 12.4 Å². The van der Waals surface area contributed by atoms with Gasteiger partial charge in [0, 0.05) is 4.90 Å². The van der Waals surface area contributed by atoms with Gasteiger partial charge in [-0.25, -0.2) is 9.78 Å². The van der Waals surface area contributed by atoms with E-state index < -0.39 is 11.7 Å². The van der Waals surface area contributed by atoms with E-state index in [0.29, 0.717) is 38.0 Å². The van der Waals surface area contributed by atoms with Gasteiger partial charge in [0.2, 0.25) is 0 Å². The number of thiazole rings is 1. The standard InChI is InChI=1S/C13H12F2N2O2S2/c1-7-10(11(18)19-2)21-13(16-7)17-8-5-3-4-6-9(8)20-12(14)15/h3-6,12H,1-2H3,(H,16,17). The highest BCUT2D eigenvalue weighted by Gasteiger charge is 2.17. The number of halogens is 2. The second kappa shape index (κ2) is 6.86. The molecule has 0 radical (unpaired) electrons. The summed E-state index contributed by atoms with van der Waals surface area (Å²) in [6.45, 7) is 1.69. The van der Waals surface area contributed by atoms with Gasteiger partial charge in [-0.05, 0) is 19.1 Å². The van der Waals surface area contributed by atoms with Crippen molar-refractivity contribution >= 4 is 39.9 Å². The number of rotatable bonds is 5. The Morgan fingerprint density at radius 2 is 2.14 bits per heavy atom. The molecule has 0 saturated heterocycles. The average Bonchev–Trinajstić information content (AvgIpc) is 2.80. The first kappa shape index (κ1) is 15.7. The predicted octanol–water partition coefficient (Wildman–Crippen LogP) is 4.30. The summed E-state index contributed by atoms with van der Waals surface area (Å²) in [4.78, 5) is 16.5. The lowest BCUT2D eigenvalue weighted by atomic mass is 10.3. The van der Waals surface area contributed by atoms with E-state index in [1.807, 2.05) is 0 Å². The number of hydrogen-bond acceptors (Lipinski definition) is 6. The Hall–Kier alpha value is -1.67. The number of anilines is 2. The van der Waals surface area contributed by atoms with E-state index >= 15 is 0 Å². The number of ether oxygens (including phenoxy) is 1. The van der Waals surface area contributed by atoms with E-state index in [1.165, 1.54) is 7.11 Å². The quantitative estimate of drug-likeness (QED) is 0.654. The molecule has 0 unspecified atom stereocenters. The van der Waals surface area contributed by atoms with Crippen LogP contribution in [-0.4, -0.2) is 23.8 Å². The van der Waals surface area contributed by atoms with Crippen molar-refractivity contribution in [3.8, 4) is 0 Å². The molecule has 112 valence electrons. The summed E-state index contributed by atoms with van der Waals surface area (Å²) >= 11 is 1.58. The van der Waals surface area contributed by atoms with Gasteiger partial charge in [0.1, 0.15) is 4.88 Å². The summed E-state index contributed by atoms with van der Waals surface area (Å²) in [5.41, 5.74) is 1.06. The molecule has 0 saturated carbocycles. The van der Waals surface area contributed by atoms with Crippen molar-refractivity contribution in [3.05, 3.63) is 34.8 Å². The molecule has 0 aliphatic rings. The second-order valence-electron chi connectivity index (χ2n) is 3.92. The molecule has 0 aliphatic heterocycles. The number of para-hydroxylation sites is 1. The maximum Gasteiger partial charge on any atom is 0.350 e. The van der Waals surface area contributed by atoms with Gasteiger partial charge in [0.15, 0.2) is 5.13 Å². The lowest BCUT2D eigenvalue weighted by molar-refractivity contribution is 0.0605. The molecule has 4 nitrogen and oxygen atoms in total.